The van der Waals surface area contributed by atoms with Gasteiger partial charge in [0.25, 0.3) is 0 Å². The van der Waals surface area contributed by atoms with E-state index in [0.29, 0.717) is 23.4 Å². The number of hydrogen-bond acceptors (Lipinski definition) is 3. The number of aryl methyl sites for hydroxylation is 1. The highest BCUT2D eigenvalue weighted by atomic mass is 19.1. The van der Waals surface area contributed by atoms with Crippen molar-refractivity contribution in [2.45, 2.75) is 25.8 Å². The third-order valence-corrected chi connectivity index (χ3v) is 5.06. The van der Waals surface area contributed by atoms with Gasteiger partial charge in [-0.2, -0.15) is 0 Å². The van der Waals surface area contributed by atoms with E-state index in [1.807, 2.05) is 6.07 Å². The number of urea groups is 1. The first-order chi connectivity index (χ1) is 13.5. The Kier molecular flexibility index (Phi) is 6.26. The van der Waals surface area contributed by atoms with Crippen LogP contribution in [0.15, 0.2) is 42.5 Å². The smallest absolute Gasteiger partial charge is 0.319 e. The quantitative estimate of drug-likeness (QED) is 0.715. The Labute approximate surface area is 163 Å². The number of anilines is 1. The van der Waals surface area contributed by atoms with Crippen molar-refractivity contribution >= 4 is 17.6 Å². The first kappa shape index (κ1) is 19.8. The van der Waals surface area contributed by atoms with Crippen LogP contribution < -0.4 is 16.4 Å². The molecule has 1 aliphatic heterocycles. The van der Waals surface area contributed by atoms with Crippen LogP contribution in [0.25, 0.3) is 0 Å². The first-order valence-electron chi connectivity index (χ1n) is 9.39. The number of nitrogens with zero attached hydrogens (tertiary/aromatic N) is 1. The number of amides is 3. The molecule has 0 aliphatic carbocycles. The Morgan fingerprint density at radius 1 is 1.18 bits per heavy atom. The summed E-state index contributed by atoms with van der Waals surface area (Å²) in [5.41, 5.74) is 7.57. The van der Waals surface area contributed by atoms with Crippen LogP contribution >= 0.6 is 0 Å². The number of halogens is 1. The van der Waals surface area contributed by atoms with Crippen molar-refractivity contribution in [3.05, 3.63) is 65.0 Å². The lowest BCUT2D eigenvalue weighted by molar-refractivity contribution is 0.1000. The third-order valence-electron chi connectivity index (χ3n) is 5.06. The van der Waals surface area contributed by atoms with Gasteiger partial charge in [-0.1, -0.05) is 18.2 Å². The number of likely N-dealkylation sites (tertiary alicyclic amines) is 1. The van der Waals surface area contributed by atoms with Crippen LogP contribution in [0, 0.1) is 12.7 Å². The molecule has 148 valence electrons. The van der Waals surface area contributed by atoms with Gasteiger partial charge in [-0.25, -0.2) is 9.18 Å². The molecule has 1 heterocycles. The predicted octanol–water partition coefficient (Wildman–Crippen LogP) is 3.19. The molecule has 1 saturated heterocycles. The molecule has 3 rings (SSSR count). The molecule has 1 aliphatic rings. The lowest BCUT2D eigenvalue weighted by atomic mass is 10.0. The molecule has 0 spiro atoms. The average Bonchev–Trinajstić information content (AvgIpc) is 3.19. The summed E-state index contributed by atoms with van der Waals surface area (Å²) in [6.07, 6.45) is 2.14. The number of nitrogens with two attached hydrogens (primary N) is 1. The van der Waals surface area contributed by atoms with Gasteiger partial charge in [0, 0.05) is 23.4 Å². The molecule has 7 heteroatoms. The maximum Gasteiger partial charge on any atom is 0.319 e. The van der Waals surface area contributed by atoms with Gasteiger partial charge in [0.05, 0.1) is 6.04 Å². The second kappa shape index (κ2) is 8.84. The van der Waals surface area contributed by atoms with Crippen LogP contribution in [0.4, 0.5) is 14.9 Å². The van der Waals surface area contributed by atoms with E-state index in [1.165, 1.54) is 6.07 Å². The number of rotatable bonds is 6. The first-order valence-corrected chi connectivity index (χ1v) is 9.39. The Morgan fingerprint density at radius 3 is 2.54 bits per heavy atom. The molecule has 2 aromatic carbocycles. The molecule has 1 unspecified atom stereocenters. The van der Waals surface area contributed by atoms with Gasteiger partial charge in [0.2, 0.25) is 5.91 Å². The van der Waals surface area contributed by atoms with E-state index in [9.17, 15) is 14.0 Å². The van der Waals surface area contributed by atoms with Gasteiger partial charge in [-0.05, 0) is 62.7 Å². The topological polar surface area (TPSA) is 87.5 Å². The van der Waals surface area contributed by atoms with Crippen molar-refractivity contribution in [1.82, 2.24) is 10.2 Å². The molecule has 4 N–H and O–H groups in total. The van der Waals surface area contributed by atoms with Crippen molar-refractivity contribution in [2.24, 2.45) is 5.73 Å². The molecule has 6 nitrogen and oxygen atoms in total. The number of benzene rings is 2. The second-order valence-corrected chi connectivity index (χ2v) is 7.01. The zero-order valence-corrected chi connectivity index (χ0v) is 15.9. The van der Waals surface area contributed by atoms with E-state index >= 15 is 0 Å². The monoisotopic (exact) mass is 384 g/mol. The highest BCUT2D eigenvalue weighted by Gasteiger charge is 2.26. The molecule has 3 amide bonds. The highest BCUT2D eigenvalue weighted by Crippen LogP contribution is 2.26. The Hall–Kier alpha value is -2.93. The number of primary amides is 1. The van der Waals surface area contributed by atoms with E-state index in [0.717, 1.165) is 31.5 Å². The molecule has 0 bridgehead atoms. The lowest BCUT2D eigenvalue weighted by Crippen LogP contribution is -2.39. The summed E-state index contributed by atoms with van der Waals surface area (Å²) in [5, 5.41) is 5.62. The zero-order valence-electron chi connectivity index (χ0n) is 15.9. The molecule has 0 saturated carbocycles. The van der Waals surface area contributed by atoms with Gasteiger partial charge >= 0.3 is 6.03 Å². The second-order valence-electron chi connectivity index (χ2n) is 7.01. The summed E-state index contributed by atoms with van der Waals surface area (Å²) in [6, 6.07) is 10.9. The molecule has 1 fully saturated rings. The molecule has 28 heavy (non-hydrogen) atoms. The minimum Gasteiger partial charge on any atom is -0.366 e. The summed E-state index contributed by atoms with van der Waals surface area (Å²) in [7, 11) is 0. The summed E-state index contributed by atoms with van der Waals surface area (Å²) in [6.45, 7) is 3.85. The van der Waals surface area contributed by atoms with Crippen molar-refractivity contribution < 1.29 is 14.0 Å². The maximum atomic E-state index is 14.3. The number of nitrogens with one attached hydrogen (secondary N) is 2. The summed E-state index contributed by atoms with van der Waals surface area (Å²) >= 11 is 0. The summed E-state index contributed by atoms with van der Waals surface area (Å²) < 4.78 is 14.3. The lowest BCUT2D eigenvalue weighted by Gasteiger charge is -2.28. The largest absolute Gasteiger partial charge is 0.366 e. The van der Waals surface area contributed by atoms with Crippen LogP contribution in [-0.4, -0.2) is 36.5 Å². The minimum absolute atomic E-state index is 0.215. The Balaban J connectivity index is 1.67. The molecule has 1 atom stereocenters. The predicted molar refractivity (Wildman–Crippen MR) is 107 cm³/mol. The molecular formula is C21H25FN4O2. The SMILES string of the molecule is Cc1cc(C(N)=O)ccc1NC(=O)NCC(c1ccccc1F)N1CCCC1. The molecule has 0 aromatic heterocycles. The van der Waals surface area contributed by atoms with Gasteiger partial charge in [-0.15, -0.1) is 0 Å². The van der Waals surface area contributed by atoms with Crippen LogP contribution in [0.2, 0.25) is 0 Å². The van der Waals surface area contributed by atoms with Crippen molar-refractivity contribution in [1.29, 1.82) is 0 Å². The van der Waals surface area contributed by atoms with E-state index < -0.39 is 5.91 Å². The molecule has 2 aromatic rings. The van der Waals surface area contributed by atoms with E-state index in [4.69, 9.17) is 5.73 Å². The summed E-state index contributed by atoms with van der Waals surface area (Å²) in [5.74, 6) is -0.781. The van der Waals surface area contributed by atoms with Crippen molar-refractivity contribution in [3.8, 4) is 0 Å². The minimum atomic E-state index is -0.516. The van der Waals surface area contributed by atoms with Crippen LogP contribution in [0.1, 0.15) is 40.4 Å². The van der Waals surface area contributed by atoms with E-state index in [2.05, 4.69) is 15.5 Å². The Morgan fingerprint density at radius 2 is 1.89 bits per heavy atom. The average molecular weight is 384 g/mol. The number of carbonyl (C=O) groups is 2. The summed E-state index contributed by atoms with van der Waals surface area (Å²) in [4.78, 5) is 25.8. The molecular weight excluding hydrogens is 359 g/mol. The number of carbonyl (C=O) groups excluding carboxylic acids is 2. The van der Waals surface area contributed by atoms with Gasteiger partial charge in [0.15, 0.2) is 0 Å². The van der Waals surface area contributed by atoms with Crippen LogP contribution in [-0.2, 0) is 0 Å². The standard InChI is InChI=1S/C21H25FN4O2/c1-14-12-15(20(23)27)8-9-18(14)25-21(28)24-13-19(26-10-4-5-11-26)16-6-2-3-7-17(16)22/h2-3,6-9,12,19H,4-5,10-11,13H2,1H3,(H2,23,27)(H2,24,25,28). The van der Waals surface area contributed by atoms with Crippen LogP contribution in [0.5, 0.6) is 0 Å². The van der Waals surface area contributed by atoms with Crippen molar-refractivity contribution in [2.75, 3.05) is 25.0 Å². The fourth-order valence-corrected chi connectivity index (χ4v) is 3.55. The van der Waals surface area contributed by atoms with E-state index in [-0.39, 0.29) is 17.9 Å². The highest BCUT2D eigenvalue weighted by molar-refractivity contribution is 5.95. The fraction of sp³-hybridized carbons (Fsp3) is 0.333. The third kappa shape index (κ3) is 4.67. The van der Waals surface area contributed by atoms with Gasteiger partial charge < -0.3 is 16.4 Å². The van der Waals surface area contributed by atoms with Crippen molar-refractivity contribution in [3.63, 3.8) is 0 Å². The maximum absolute atomic E-state index is 14.3. The Bertz CT molecular complexity index is 865. The zero-order chi connectivity index (χ0) is 20.1. The number of hydrogen-bond donors (Lipinski definition) is 3. The molecule has 0 radical (unpaired) electrons. The fourth-order valence-electron chi connectivity index (χ4n) is 3.55. The van der Waals surface area contributed by atoms with Crippen LogP contribution in [0.3, 0.4) is 0 Å². The van der Waals surface area contributed by atoms with Gasteiger partial charge in [0.1, 0.15) is 5.82 Å². The normalized spacial score (nSPS) is 15.2. The van der Waals surface area contributed by atoms with Gasteiger partial charge in [-0.3, -0.25) is 9.69 Å². The van der Waals surface area contributed by atoms with E-state index in [1.54, 1.807) is 37.3 Å².